The highest BCUT2D eigenvalue weighted by Crippen LogP contribution is 2.29. The second-order valence-corrected chi connectivity index (χ2v) is 3.89. The van der Waals surface area contributed by atoms with Gasteiger partial charge in [-0.15, -0.1) is 11.3 Å². The van der Waals surface area contributed by atoms with Crippen LogP contribution in [0.2, 0.25) is 0 Å². The van der Waals surface area contributed by atoms with E-state index in [-0.39, 0.29) is 0 Å². The third-order valence-corrected chi connectivity index (χ3v) is 2.94. The molecular weight excluding hydrogens is 144 g/mol. The maximum absolute atomic E-state index is 11.1. The quantitative estimate of drug-likeness (QED) is 0.557. The van der Waals surface area contributed by atoms with Gasteiger partial charge in [-0.3, -0.25) is 4.79 Å². The summed E-state index contributed by atoms with van der Waals surface area (Å²) in [7, 11) is 0. The van der Waals surface area contributed by atoms with Gasteiger partial charge in [-0.05, 0) is 25.0 Å². The van der Waals surface area contributed by atoms with Gasteiger partial charge in [-0.1, -0.05) is 0 Å². The summed E-state index contributed by atoms with van der Waals surface area (Å²) in [6, 6.07) is 2.13. The van der Waals surface area contributed by atoms with E-state index in [1.807, 2.05) is 0 Å². The summed E-state index contributed by atoms with van der Waals surface area (Å²) in [5.41, 5.74) is 1.27. The summed E-state index contributed by atoms with van der Waals surface area (Å²) in [6.07, 6.45) is 1.71. The summed E-state index contributed by atoms with van der Waals surface area (Å²) < 4.78 is 0. The van der Waals surface area contributed by atoms with Crippen LogP contribution in [0.3, 0.4) is 0 Å². The predicted molar refractivity (Wildman–Crippen MR) is 41.7 cm³/mol. The number of carbonyl (C=O) groups is 1. The standard InChI is InChI=1S/C8H8OS/c1-5-4-6-2-3-7(9)8(6)10-5/h4H,2-3H2,1H3. The lowest BCUT2D eigenvalue weighted by Crippen LogP contribution is -1.85. The largest absolute Gasteiger partial charge is 0.293 e. The molecule has 0 saturated carbocycles. The molecule has 0 aliphatic heterocycles. The summed E-state index contributed by atoms with van der Waals surface area (Å²) in [5.74, 6) is 0.341. The smallest absolute Gasteiger partial charge is 0.173 e. The number of hydrogen-bond donors (Lipinski definition) is 0. The lowest BCUT2D eigenvalue weighted by atomic mass is 10.2. The predicted octanol–water partition coefficient (Wildman–Crippen LogP) is 2.19. The van der Waals surface area contributed by atoms with Crippen LogP contribution >= 0.6 is 11.3 Å². The zero-order valence-corrected chi connectivity index (χ0v) is 6.62. The van der Waals surface area contributed by atoms with Gasteiger partial charge in [0.15, 0.2) is 5.78 Å². The number of aryl methyl sites for hydroxylation is 2. The van der Waals surface area contributed by atoms with Gasteiger partial charge in [0.2, 0.25) is 0 Å². The number of Topliss-reactive ketones (excluding diaryl/α,β-unsaturated/α-hetero) is 1. The Morgan fingerprint density at radius 1 is 1.50 bits per heavy atom. The normalized spacial score (nSPS) is 15.9. The van der Waals surface area contributed by atoms with Gasteiger partial charge in [0.1, 0.15) is 0 Å². The molecule has 2 rings (SSSR count). The molecule has 0 N–H and O–H groups in total. The van der Waals surface area contributed by atoms with Gasteiger partial charge in [0.05, 0.1) is 4.88 Å². The van der Waals surface area contributed by atoms with Crippen LogP contribution in [-0.4, -0.2) is 5.78 Å². The Bertz CT molecular complexity index is 285. The maximum Gasteiger partial charge on any atom is 0.173 e. The molecule has 10 heavy (non-hydrogen) atoms. The molecule has 1 aliphatic rings. The summed E-state index contributed by atoms with van der Waals surface area (Å²) in [6.45, 7) is 2.05. The third kappa shape index (κ3) is 0.721. The molecule has 0 unspecified atom stereocenters. The fourth-order valence-corrected chi connectivity index (χ4v) is 2.38. The number of fused-ring (bicyclic) bond motifs is 1. The lowest BCUT2D eigenvalue weighted by molar-refractivity contribution is 0.0998. The van der Waals surface area contributed by atoms with Gasteiger partial charge in [0, 0.05) is 11.3 Å². The van der Waals surface area contributed by atoms with Crippen molar-refractivity contribution < 1.29 is 4.79 Å². The first-order valence-electron chi connectivity index (χ1n) is 3.40. The Kier molecular flexibility index (Phi) is 1.17. The van der Waals surface area contributed by atoms with Crippen LogP contribution in [0.1, 0.15) is 26.5 Å². The van der Waals surface area contributed by atoms with Crippen LogP contribution < -0.4 is 0 Å². The van der Waals surface area contributed by atoms with Crippen molar-refractivity contribution >= 4 is 17.1 Å². The van der Waals surface area contributed by atoms with E-state index in [1.165, 1.54) is 10.4 Å². The summed E-state index contributed by atoms with van der Waals surface area (Å²) >= 11 is 1.64. The Morgan fingerprint density at radius 3 is 3.00 bits per heavy atom. The second-order valence-electron chi connectivity index (χ2n) is 2.63. The van der Waals surface area contributed by atoms with Crippen molar-refractivity contribution in [1.82, 2.24) is 0 Å². The molecule has 0 radical (unpaired) electrons. The van der Waals surface area contributed by atoms with Crippen molar-refractivity contribution in [2.24, 2.45) is 0 Å². The highest BCUT2D eigenvalue weighted by Gasteiger charge is 2.21. The van der Waals surface area contributed by atoms with E-state index in [1.54, 1.807) is 11.3 Å². The van der Waals surface area contributed by atoms with Crippen LogP contribution in [0.15, 0.2) is 6.07 Å². The Labute approximate surface area is 63.7 Å². The molecule has 0 fully saturated rings. The minimum Gasteiger partial charge on any atom is -0.293 e. The Balaban J connectivity index is 2.59. The molecular formula is C8H8OS. The maximum atomic E-state index is 11.1. The van der Waals surface area contributed by atoms with Crippen LogP contribution in [0, 0.1) is 6.92 Å². The zero-order chi connectivity index (χ0) is 7.14. The van der Waals surface area contributed by atoms with Crippen LogP contribution in [0.4, 0.5) is 0 Å². The van der Waals surface area contributed by atoms with Crippen molar-refractivity contribution in [2.75, 3.05) is 0 Å². The minimum absolute atomic E-state index is 0.341. The minimum atomic E-state index is 0.341. The first-order chi connectivity index (χ1) is 4.77. The molecule has 2 heteroatoms. The monoisotopic (exact) mass is 152 g/mol. The van der Waals surface area contributed by atoms with Crippen molar-refractivity contribution in [3.05, 3.63) is 21.4 Å². The van der Waals surface area contributed by atoms with E-state index in [2.05, 4.69) is 13.0 Å². The van der Waals surface area contributed by atoms with E-state index in [0.717, 1.165) is 17.7 Å². The molecule has 1 aromatic heterocycles. The van der Waals surface area contributed by atoms with Crippen LogP contribution in [0.5, 0.6) is 0 Å². The SMILES string of the molecule is Cc1cc2c(s1)C(=O)CC2. The van der Waals surface area contributed by atoms with Gasteiger partial charge in [-0.25, -0.2) is 0 Å². The Morgan fingerprint density at radius 2 is 2.30 bits per heavy atom. The van der Waals surface area contributed by atoms with E-state index in [9.17, 15) is 4.79 Å². The summed E-state index contributed by atoms with van der Waals surface area (Å²) in [4.78, 5) is 13.4. The van der Waals surface area contributed by atoms with Crippen molar-refractivity contribution in [2.45, 2.75) is 19.8 Å². The third-order valence-electron chi connectivity index (χ3n) is 1.81. The van der Waals surface area contributed by atoms with Crippen molar-refractivity contribution in [3.63, 3.8) is 0 Å². The first kappa shape index (κ1) is 6.10. The molecule has 1 heterocycles. The molecule has 0 bridgehead atoms. The van der Waals surface area contributed by atoms with E-state index in [4.69, 9.17) is 0 Å². The van der Waals surface area contributed by atoms with Gasteiger partial charge >= 0.3 is 0 Å². The van der Waals surface area contributed by atoms with E-state index >= 15 is 0 Å². The fourth-order valence-electron chi connectivity index (χ4n) is 1.35. The average molecular weight is 152 g/mol. The molecule has 1 aromatic rings. The van der Waals surface area contributed by atoms with Crippen molar-refractivity contribution in [3.8, 4) is 0 Å². The first-order valence-corrected chi connectivity index (χ1v) is 4.21. The average Bonchev–Trinajstić information content (AvgIpc) is 2.35. The molecule has 0 saturated heterocycles. The van der Waals surface area contributed by atoms with Gasteiger partial charge in [0.25, 0.3) is 0 Å². The van der Waals surface area contributed by atoms with Crippen LogP contribution in [-0.2, 0) is 6.42 Å². The van der Waals surface area contributed by atoms with Gasteiger partial charge < -0.3 is 0 Å². The number of rotatable bonds is 0. The molecule has 1 aliphatic carbocycles. The highest BCUT2D eigenvalue weighted by molar-refractivity contribution is 7.14. The van der Waals surface area contributed by atoms with Gasteiger partial charge in [-0.2, -0.15) is 0 Å². The molecule has 1 nitrogen and oxygen atoms in total. The summed E-state index contributed by atoms with van der Waals surface area (Å²) in [5, 5.41) is 0. The van der Waals surface area contributed by atoms with Crippen LogP contribution in [0.25, 0.3) is 0 Å². The highest BCUT2D eigenvalue weighted by atomic mass is 32.1. The number of hydrogen-bond acceptors (Lipinski definition) is 2. The van der Waals surface area contributed by atoms with E-state index in [0.29, 0.717) is 5.78 Å². The fraction of sp³-hybridized carbons (Fsp3) is 0.375. The second kappa shape index (κ2) is 1.92. The number of ketones is 1. The molecule has 0 aromatic carbocycles. The molecule has 52 valence electrons. The lowest BCUT2D eigenvalue weighted by Gasteiger charge is -1.81. The zero-order valence-electron chi connectivity index (χ0n) is 5.81. The number of carbonyl (C=O) groups excluding carboxylic acids is 1. The molecule has 0 atom stereocenters. The topological polar surface area (TPSA) is 17.1 Å². The molecule has 0 spiro atoms. The molecule has 0 amide bonds. The number of thiophene rings is 1. The van der Waals surface area contributed by atoms with E-state index < -0.39 is 0 Å². The van der Waals surface area contributed by atoms with Crippen molar-refractivity contribution in [1.29, 1.82) is 0 Å². The Hall–Kier alpha value is -0.630.